The number of allylic oxidation sites excluding steroid dienone is 2. The summed E-state index contributed by atoms with van der Waals surface area (Å²) in [7, 11) is 0. The highest BCUT2D eigenvalue weighted by atomic mass is 16.1. The summed E-state index contributed by atoms with van der Waals surface area (Å²) in [5.74, 6) is 0.786. The van der Waals surface area contributed by atoms with Gasteiger partial charge in [-0.25, -0.2) is 0 Å². The van der Waals surface area contributed by atoms with Crippen LogP contribution >= 0.6 is 0 Å². The zero-order chi connectivity index (χ0) is 23.8. The van der Waals surface area contributed by atoms with Gasteiger partial charge < -0.3 is 15.5 Å². The SMILES string of the molecule is CCCCN1CCN(c2c(NCC(=O)NCC)cccc2C2=CCC(C(C)(C)C)CC2)CC1. The fourth-order valence-corrected chi connectivity index (χ4v) is 5.16. The molecule has 2 N–H and O–H groups in total. The van der Waals surface area contributed by atoms with Crippen LogP contribution in [-0.2, 0) is 4.79 Å². The Morgan fingerprint density at radius 1 is 1.12 bits per heavy atom. The second-order valence-corrected chi connectivity index (χ2v) is 10.8. The first kappa shape index (κ1) is 25.6. The van der Waals surface area contributed by atoms with Gasteiger partial charge in [0.25, 0.3) is 0 Å². The molecule has 5 heteroatoms. The van der Waals surface area contributed by atoms with Gasteiger partial charge in [-0.2, -0.15) is 0 Å². The van der Waals surface area contributed by atoms with Gasteiger partial charge in [0.1, 0.15) is 0 Å². The third-order valence-corrected chi connectivity index (χ3v) is 7.35. The molecular formula is C28H46N4O. The third kappa shape index (κ3) is 6.99. The van der Waals surface area contributed by atoms with Crippen molar-refractivity contribution in [2.24, 2.45) is 11.3 Å². The lowest BCUT2D eigenvalue weighted by atomic mass is 9.72. The van der Waals surface area contributed by atoms with E-state index in [1.54, 1.807) is 0 Å². The van der Waals surface area contributed by atoms with E-state index in [0.29, 0.717) is 18.5 Å². The van der Waals surface area contributed by atoms with Crippen molar-refractivity contribution in [1.29, 1.82) is 0 Å². The Labute approximate surface area is 202 Å². The monoisotopic (exact) mass is 454 g/mol. The summed E-state index contributed by atoms with van der Waals surface area (Å²) in [6.07, 6.45) is 8.54. The molecule has 1 atom stereocenters. The minimum atomic E-state index is 0.0446. The molecule has 0 saturated carbocycles. The first-order chi connectivity index (χ1) is 15.8. The number of amides is 1. The lowest BCUT2D eigenvalue weighted by Gasteiger charge is -2.39. The van der Waals surface area contributed by atoms with Crippen LogP contribution in [0.25, 0.3) is 5.57 Å². The summed E-state index contributed by atoms with van der Waals surface area (Å²) >= 11 is 0. The van der Waals surface area contributed by atoms with Gasteiger partial charge in [-0.15, -0.1) is 0 Å². The Hall–Kier alpha value is -2.01. The van der Waals surface area contributed by atoms with Gasteiger partial charge in [-0.05, 0) is 62.1 Å². The Morgan fingerprint density at radius 2 is 1.88 bits per heavy atom. The number of para-hydroxylation sites is 1. The number of benzene rings is 1. The van der Waals surface area contributed by atoms with E-state index < -0.39 is 0 Å². The van der Waals surface area contributed by atoms with E-state index in [9.17, 15) is 4.79 Å². The van der Waals surface area contributed by atoms with Crippen molar-refractivity contribution in [3.63, 3.8) is 0 Å². The number of anilines is 2. The zero-order valence-corrected chi connectivity index (χ0v) is 21.7. The molecule has 1 fully saturated rings. The number of rotatable bonds is 9. The molecule has 0 bridgehead atoms. The molecule has 1 aliphatic carbocycles. The molecule has 1 amide bonds. The number of nitrogens with zero attached hydrogens (tertiary/aromatic N) is 2. The van der Waals surface area contributed by atoms with Gasteiger partial charge in [0.05, 0.1) is 17.9 Å². The number of carbonyl (C=O) groups excluding carboxylic acids is 1. The van der Waals surface area contributed by atoms with Crippen LogP contribution in [0.5, 0.6) is 0 Å². The van der Waals surface area contributed by atoms with Crippen LogP contribution in [0.4, 0.5) is 11.4 Å². The normalized spacial score (nSPS) is 19.8. The Bertz CT molecular complexity index is 803. The number of hydrogen-bond donors (Lipinski definition) is 2. The summed E-state index contributed by atoms with van der Waals surface area (Å²) < 4.78 is 0. The quantitative estimate of drug-likeness (QED) is 0.525. The van der Waals surface area contributed by atoms with Crippen LogP contribution < -0.4 is 15.5 Å². The van der Waals surface area contributed by atoms with Crippen LogP contribution in [0.3, 0.4) is 0 Å². The molecule has 1 aromatic carbocycles. The molecule has 3 rings (SSSR count). The van der Waals surface area contributed by atoms with E-state index in [0.717, 1.165) is 50.6 Å². The van der Waals surface area contributed by atoms with Gasteiger partial charge in [0.2, 0.25) is 5.91 Å². The highest BCUT2D eigenvalue weighted by Crippen LogP contribution is 2.43. The summed E-state index contributed by atoms with van der Waals surface area (Å²) in [4.78, 5) is 17.3. The van der Waals surface area contributed by atoms with Gasteiger partial charge in [-0.3, -0.25) is 9.69 Å². The maximum atomic E-state index is 12.2. The molecule has 0 spiro atoms. The average molecular weight is 455 g/mol. The van der Waals surface area contributed by atoms with Gasteiger partial charge in [-0.1, -0.05) is 52.3 Å². The third-order valence-electron chi connectivity index (χ3n) is 7.35. The van der Waals surface area contributed by atoms with Crippen molar-refractivity contribution in [3.8, 4) is 0 Å². The molecule has 1 unspecified atom stereocenters. The van der Waals surface area contributed by atoms with Crippen molar-refractivity contribution in [2.45, 2.75) is 66.7 Å². The molecular weight excluding hydrogens is 408 g/mol. The first-order valence-corrected chi connectivity index (χ1v) is 13.1. The van der Waals surface area contributed by atoms with Crippen molar-refractivity contribution < 1.29 is 4.79 Å². The second-order valence-electron chi connectivity index (χ2n) is 10.8. The van der Waals surface area contributed by atoms with Gasteiger partial charge in [0, 0.05) is 38.3 Å². The Balaban J connectivity index is 1.84. The predicted molar refractivity (Wildman–Crippen MR) is 142 cm³/mol. The van der Waals surface area contributed by atoms with E-state index in [1.165, 1.54) is 42.6 Å². The van der Waals surface area contributed by atoms with E-state index in [2.05, 4.69) is 72.4 Å². The lowest BCUT2D eigenvalue weighted by molar-refractivity contribution is -0.119. The van der Waals surface area contributed by atoms with E-state index in [4.69, 9.17) is 0 Å². The van der Waals surface area contributed by atoms with E-state index >= 15 is 0 Å². The Kier molecular flexibility index (Phi) is 9.25. The van der Waals surface area contributed by atoms with Crippen molar-refractivity contribution in [1.82, 2.24) is 10.2 Å². The molecule has 1 aromatic rings. The standard InChI is InChI=1S/C28H46N4O/c1-6-8-16-31-17-19-32(20-18-31)27-24(22-12-14-23(15-13-22)28(3,4)5)10-9-11-25(27)30-21-26(33)29-7-2/h9-12,23,30H,6-8,13-21H2,1-5H3,(H,29,33). The highest BCUT2D eigenvalue weighted by Gasteiger charge is 2.28. The molecule has 1 saturated heterocycles. The summed E-state index contributed by atoms with van der Waals surface area (Å²) in [6.45, 7) is 17.8. The topological polar surface area (TPSA) is 47.6 Å². The maximum absolute atomic E-state index is 12.2. The zero-order valence-electron chi connectivity index (χ0n) is 21.7. The summed E-state index contributed by atoms with van der Waals surface area (Å²) in [5, 5.41) is 6.36. The van der Waals surface area contributed by atoms with Crippen LogP contribution in [-0.4, -0.2) is 56.6 Å². The molecule has 184 valence electrons. The van der Waals surface area contributed by atoms with Crippen LogP contribution in [0.15, 0.2) is 24.3 Å². The predicted octanol–water partition coefficient (Wildman–Crippen LogP) is 5.39. The summed E-state index contributed by atoms with van der Waals surface area (Å²) in [6, 6.07) is 6.58. The van der Waals surface area contributed by atoms with Crippen molar-refractivity contribution in [2.75, 3.05) is 56.0 Å². The minimum absolute atomic E-state index is 0.0446. The second kappa shape index (κ2) is 11.9. The molecule has 2 aliphatic rings. The summed E-state index contributed by atoms with van der Waals surface area (Å²) in [5.41, 5.74) is 5.55. The lowest BCUT2D eigenvalue weighted by Crippen LogP contribution is -2.47. The van der Waals surface area contributed by atoms with Crippen LogP contribution in [0.1, 0.15) is 72.3 Å². The smallest absolute Gasteiger partial charge is 0.239 e. The van der Waals surface area contributed by atoms with E-state index in [-0.39, 0.29) is 5.91 Å². The molecule has 0 radical (unpaired) electrons. The molecule has 1 heterocycles. The average Bonchev–Trinajstić information content (AvgIpc) is 2.81. The van der Waals surface area contributed by atoms with Gasteiger partial charge in [0.15, 0.2) is 0 Å². The molecule has 33 heavy (non-hydrogen) atoms. The largest absolute Gasteiger partial charge is 0.374 e. The molecule has 1 aliphatic heterocycles. The van der Waals surface area contributed by atoms with Gasteiger partial charge >= 0.3 is 0 Å². The number of unbranched alkanes of at least 4 members (excludes halogenated alkanes) is 1. The fourth-order valence-electron chi connectivity index (χ4n) is 5.16. The highest BCUT2D eigenvalue weighted by molar-refractivity contribution is 5.88. The number of hydrogen-bond acceptors (Lipinski definition) is 4. The Morgan fingerprint density at radius 3 is 2.48 bits per heavy atom. The number of nitrogens with one attached hydrogen (secondary N) is 2. The van der Waals surface area contributed by atoms with E-state index in [1.807, 2.05) is 6.92 Å². The first-order valence-electron chi connectivity index (χ1n) is 13.1. The van der Waals surface area contributed by atoms with Crippen molar-refractivity contribution >= 4 is 22.9 Å². The van der Waals surface area contributed by atoms with Crippen molar-refractivity contribution in [3.05, 3.63) is 29.8 Å². The molecule has 5 nitrogen and oxygen atoms in total. The number of likely N-dealkylation sites (N-methyl/N-ethyl adjacent to an activating group) is 1. The maximum Gasteiger partial charge on any atom is 0.239 e. The fraction of sp³-hybridized carbons (Fsp3) is 0.679. The van der Waals surface area contributed by atoms with Crippen LogP contribution in [0.2, 0.25) is 0 Å². The molecule has 0 aromatic heterocycles. The number of carbonyl (C=O) groups is 1. The minimum Gasteiger partial charge on any atom is -0.374 e. The number of piperazine rings is 1. The van der Waals surface area contributed by atoms with Crippen LogP contribution in [0, 0.1) is 11.3 Å².